The van der Waals surface area contributed by atoms with Gasteiger partial charge in [-0.15, -0.1) is 0 Å². The Bertz CT molecular complexity index is 1220. The monoisotopic (exact) mass is 823 g/mol. The second-order valence-electron chi connectivity index (χ2n) is 15.3. The second kappa shape index (κ2) is 32.9. The molecule has 7 atom stereocenters. The largest absolute Gasteiger partial charge is 0.376 e. The summed E-state index contributed by atoms with van der Waals surface area (Å²) in [5.74, 6) is -1.11. The van der Waals surface area contributed by atoms with E-state index in [1.54, 1.807) is 18.1 Å². The Hall–Kier alpha value is -3.00. The van der Waals surface area contributed by atoms with E-state index in [1.807, 2.05) is 93.5 Å². The minimum absolute atomic E-state index is 0.100. The Morgan fingerprint density at radius 2 is 1.47 bits per heavy atom. The average molecular weight is 823 g/mol. The quantitative estimate of drug-likeness (QED) is 0.0288. The summed E-state index contributed by atoms with van der Waals surface area (Å²) in [5.41, 5.74) is 0.553. The maximum atomic E-state index is 13.7. The third kappa shape index (κ3) is 23.3. The zero-order valence-corrected chi connectivity index (χ0v) is 38.7. The summed E-state index contributed by atoms with van der Waals surface area (Å²) < 4.78 is 2.90. The van der Waals surface area contributed by atoms with Crippen molar-refractivity contribution in [3.05, 3.63) is 36.0 Å². The van der Waals surface area contributed by atoms with E-state index in [0.717, 1.165) is 12.7 Å². The van der Waals surface area contributed by atoms with Crippen LogP contribution in [-0.4, -0.2) is 95.7 Å². The van der Waals surface area contributed by atoms with E-state index in [-0.39, 0.29) is 36.2 Å². The lowest BCUT2D eigenvalue weighted by molar-refractivity contribution is -0.143. The lowest BCUT2D eigenvalue weighted by Crippen LogP contribution is -2.61. The van der Waals surface area contributed by atoms with Crippen LogP contribution in [0.1, 0.15) is 147 Å². The molecular formula is C44H82N6O6S. The number of hydrogen-bond acceptors (Lipinski definition) is 9. The first-order valence-corrected chi connectivity index (χ1v) is 22.6. The first-order chi connectivity index (χ1) is 27.1. The van der Waals surface area contributed by atoms with Crippen LogP contribution < -0.4 is 26.0 Å². The number of carbonyl (C=O) groups is 5. The SMILES string of the molecule is C/C=C\C(=C/CC)C(C)NC(=O)CC.C/C=C\[C@H]1CCN(C(=O)C(NC(=O)CNC(=O)[C@@H](C)NSC)C(C)(C)C)C1C(O)NC(C=O)CC.C1CCCCC1.CC. The molecular weight excluding hydrogens is 741 g/mol. The molecule has 0 spiro atoms. The second-order valence-corrected chi connectivity index (χ2v) is 15.9. The van der Waals surface area contributed by atoms with Crippen LogP contribution in [0.5, 0.6) is 0 Å². The van der Waals surface area contributed by atoms with Crippen LogP contribution >= 0.6 is 11.9 Å². The molecule has 1 saturated heterocycles. The molecule has 2 fully saturated rings. The van der Waals surface area contributed by atoms with E-state index >= 15 is 0 Å². The fraction of sp³-hybridized carbons (Fsp3) is 0.750. The van der Waals surface area contributed by atoms with Gasteiger partial charge in [-0.3, -0.25) is 29.2 Å². The molecule has 0 bridgehead atoms. The van der Waals surface area contributed by atoms with Gasteiger partial charge in [0.2, 0.25) is 23.6 Å². The molecule has 1 aliphatic carbocycles. The highest BCUT2D eigenvalue weighted by atomic mass is 32.2. The summed E-state index contributed by atoms with van der Waals surface area (Å²) in [6.07, 6.45) is 23.1. The Balaban J connectivity index is 0. The number of aliphatic hydroxyl groups is 1. The van der Waals surface area contributed by atoms with Gasteiger partial charge in [0.15, 0.2) is 0 Å². The lowest BCUT2D eigenvalue weighted by Gasteiger charge is -2.38. The van der Waals surface area contributed by atoms with E-state index in [9.17, 15) is 29.1 Å². The number of carbonyl (C=O) groups excluding carboxylic acids is 5. The van der Waals surface area contributed by atoms with Gasteiger partial charge in [-0.05, 0) is 64.2 Å². The molecule has 330 valence electrons. The highest BCUT2D eigenvalue weighted by molar-refractivity contribution is 7.96. The van der Waals surface area contributed by atoms with Crippen LogP contribution in [0.15, 0.2) is 36.0 Å². The Labute approximate surface area is 351 Å². The Morgan fingerprint density at radius 1 is 0.895 bits per heavy atom. The Kier molecular flexibility index (Phi) is 32.4. The summed E-state index contributed by atoms with van der Waals surface area (Å²) in [5, 5.41) is 22.2. The van der Waals surface area contributed by atoms with Crippen LogP contribution in [0.2, 0.25) is 0 Å². The molecule has 1 aliphatic heterocycles. The van der Waals surface area contributed by atoms with Gasteiger partial charge >= 0.3 is 0 Å². The minimum Gasteiger partial charge on any atom is -0.376 e. The van der Waals surface area contributed by atoms with Crippen LogP contribution in [0, 0.1) is 11.3 Å². The lowest BCUT2D eigenvalue weighted by atomic mass is 9.85. The molecule has 4 amide bonds. The zero-order valence-electron chi connectivity index (χ0n) is 37.8. The van der Waals surface area contributed by atoms with Crippen molar-refractivity contribution in [1.29, 1.82) is 0 Å². The number of amides is 4. The van der Waals surface area contributed by atoms with Gasteiger partial charge < -0.3 is 30.8 Å². The third-order valence-corrected chi connectivity index (χ3v) is 10.2. The van der Waals surface area contributed by atoms with Gasteiger partial charge in [0.1, 0.15) is 18.6 Å². The highest BCUT2D eigenvalue weighted by Crippen LogP contribution is 2.31. The average Bonchev–Trinajstić information content (AvgIpc) is 3.63. The predicted octanol–water partition coefficient (Wildman–Crippen LogP) is 6.75. The zero-order chi connectivity index (χ0) is 44.0. The Morgan fingerprint density at radius 3 is 1.91 bits per heavy atom. The van der Waals surface area contributed by atoms with Crippen molar-refractivity contribution >= 4 is 41.9 Å². The standard InChI is InChI=1S/C24H43N5O5S.C12H21NO.C6H12.C2H6/c1-8-10-16-11-12-29(19(16)22(33)26-17(9-2)14-30)23(34)20(24(4,5)6)27-18(31)13-25-21(32)15(3)28-35-7;1-5-8-11(9-6-2)10(4)13-12(14)7-3;1-2-4-6-5-3-1;1-2/h8,10,14-17,19-20,22,26,28,33H,9,11-13H2,1-7H3,(H,25,32)(H,27,31);5,8-10H,6-7H2,1-4H3,(H,13,14);1-6H2;1-2H3/b10-8-;8-5-,11-9+;;/t15-,16+,17?,19?,20?,22?;;;/m1.../s1. The summed E-state index contributed by atoms with van der Waals surface area (Å²) in [4.78, 5) is 62.6. The number of nitrogens with zero attached hydrogens (tertiary/aromatic N) is 1. The highest BCUT2D eigenvalue weighted by Gasteiger charge is 2.45. The van der Waals surface area contributed by atoms with Gasteiger partial charge in [-0.25, -0.2) is 0 Å². The molecule has 5 unspecified atom stereocenters. The first-order valence-electron chi connectivity index (χ1n) is 21.4. The summed E-state index contributed by atoms with van der Waals surface area (Å²) >= 11 is 1.31. The molecule has 1 heterocycles. The summed E-state index contributed by atoms with van der Waals surface area (Å²) in [7, 11) is 0. The molecule has 13 heteroatoms. The van der Waals surface area contributed by atoms with Gasteiger partial charge in [0.05, 0.1) is 30.7 Å². The molecule has 0 aromatic heterocycles. The van der Waals surface area contributed by atoms with Crippen molar-refractivity contribution < 1.29 is 29.1 Å². The van der Waals surface area contributed by atoms with Crippen LogP contribution in [0.3, 0.4) is 0 Å². The van der Waals surface area contributed by atoms with Gasteiger partial charge in [0, 0.05) is 18.9 Å². The van der Waals surface area contributed by atoms with Crippen LogP contribution in [0.25, 0.3) is 0 Å². The smallest absolute Gasteiger partial charge is 0.246 e. The van der Waals surface area contributed by atoms with E-state index in [0.29, 0.717) is 25.8 Å². The molecule has 0 radical (unpaired) electrons. The molecule has 57 heavy (non-hydrogen) atoms. The third-order valence-electron chi connectivity index (χ3n) is 9.56. The minimum atomic E-state index is -1.11. The van der Waals surface area contributed by atoms with Gasteiger partial charge in [-0.2, -0.15) is 0 Å². The van der Waals surface area contributed by atoms with Crippen molar-refractivity contribution in [2.45, 2.75) is 184 Å². The predicted molar refractivity (Wildman–Crippen MR) is 238 cm³/mol. The summed E-state index contributed by atoms with van der Waals surface area (Å²) in [6.45, 7) is 23.0. The maximum Gasteiger partial charge on any atom is 0.246 e. The van der Waals surface area contributed by atoms with E-state index in [2.05, 4.69) is 39.0 Å². The summed E-state index contributed by atoms with van der Waals surface area (Å²) in [6, 6.07) is -2.36. The van der Waals surface area contributed by atoms with Gasteiger partial charge in [0.25, 0.3) is 0 Å². The number of aliphatic hydroxyl groups excluding tert-OH is 1. The maximum absolute atomic E-state index is 13.7. The number of nitrogens with one attached hydrogen (secondary N) is 5. The number of likely N-dealkylation sites (tertiary alicyclic amines) is 1. The molecule has 2 aliphatic rings. The van der Waals surface area contributed by atoms with Crippen molar-refractivity contribution in [1.82, 2.24) is 30.9 Å². The molecule has 0 aromatic rings. The van der Waals surface area contributed by atoms with Crippen LogP contribution in [0.4, 0.5) is 0 Å². The van der Waals surface area contributed by atoms with Crippen molar-refractivity contribution in [2.24, 2.45) is 11.3 Å². The fourth-order valence-electron chi connectivity index (χ4n) is 6.41. The molecule has 1 saturated carbocycles. The number of aldehydes is 1. The first kappa shape index (κ1) is 56.1. The van der Waals surface area contributed by atoms with Crippen molar-refractivity contribution in [2.75, 3.05) is 19.3 Å². The molecule has 6 N–H and O–H groups in total. The number of rotatable bonds is 18. The van der Waals surface area contributed by atoms with Crippen molar-refractivity contribution in [3.8, 4) is 0 Å². The molecule has 12 nitrogen and oxygen atoms in total. The fourth-order valence-corrected chi connectivity index (χ4v) is 6.87. The van der Waals surface area contributed by atoms with Crippen molar-refractivity contribution in [3.63, 3.8) is 0 Å². The van der Waals surface area contributed by atoms with Gasteiger partial charge in [-0.1, -0.05) is 136 Å². The topological polar surface area (TPSA) is 169 Å². The molecule has 2 rings (SSSR count). The van der Waals surface area contributed by atoms with E-state index < -0.39 is 41.7 Å². The van der Waals surface area contributed by atoms with Crippen LogP contribution in [-0.2, 0) is 24.0 Å². The number of hydrogen-bond donors (Lipinski definition) is 6. The number of allylic oxidation sites excluding steroid dienone is 3. The van der Waals surface area contributed by atoms with E-state index in [1.165, 1.54) is 56.0 Å². The van der Waals surface area contributed by atoms with E-state index in [4.69, 9.17) is 0 Å². The normalized spacial score (nSPS) is 19.6. The molecule has 0 aromatic carbocycles.